The Morgan fingerprint density at radius 2 is 1.86 bits per heavy atom. The van der Waals surface area contributed by atoms with Crippen molar-refractivity contribution in [2.24, 2.45) is 5.92 Å². The van der Waals surface area contributed by atoms with Crippen LogP contribution in [0.3, 0.4) is 0 Å². The second kappa shape index (κ2) is 9.58. The number of carbonyl (C=O) groups is 1. The van der Waals surface area contributed by atoms with E-state index in [4.69, 9.17) is 4.74 Å². The zero-order valence-corrected chi connectivity index (χ0v) is 21.8. The predicted octanol–water partition coefficient (Wildman–Crippen LogP) is 6.63. The van der Waals surface area contributed by atoms with Crippen molar-refractivity contribution < 1.29 is 9.53 Å². The summed E-state index contributed by atoms with van der Waals surface area (Å²) in [6, 6.07) is 21.4. The number of fused-ring (bicyclic) bond motifs is 2. The average molecular weight is 495 g/mol. The highest BCUT2D eigenvalue weighted by Gasteiger charge is 2.34. The lowest BCUT2D eigenvalue weighted by atomic mass is 9.88. The van der Waals surface area contributed by atoms with Gasteiger partial charge in [-0.1, -0.05) is 43.3 Å². The van der Waals surface area contributed by atoms with E-state index in [-0.39, 0.29) is 12.1 Å². The third kappa shape index (κ3) is 4.57. The minimum atomic E-state index is 0.106. The second-order valence-electron chi connectivity index (χ2n) is 10.6. The molecule has 1 N–H and O–H groups in total. The quantitative estimate of drug-likeness (QED) is 0.340. The SMILES string of the molecule is Cc1nc2ccc(-c3cc(C)c4c(c3)CN(C(=O)N3CCC(C)CC3c3ccccc3)CCO4)cc2[nH]1. The van der Waals surface area contributed by atoms with Crippen LogP contribution in [0.15, 0.2) is 60.7 Å². The molecule has 2 atom stereocenters. The maximum absolute atomic E-state index is 14.0. The van der Waals surface area contributed by atoms with E-state index in [1.54, 1.807) is 0 Å². The van der Waals surface area contributed by atoms with Gasteiger partial charge in [-0.3, -0.25) is 0 Å². The van der Waals surface area contributed by atoms with Gasteiger partial charge in [-0.15, -0.1) is 0 Å². The van der Waals surface area contributed by atoms with Gasteiger partial charge < -0.3 is 19.5 Å². The number of nitrogens with one attached hydrogen (secondary N) is 1. The maximum atomic E-state index is 14.0. The number of aromatic nitrogens is 2. The number of likely N-dealkylation sites (tertiary alicyclic amines) is 1. The number of aromatic amines is 1. The second-order valence-corrected chi connectivity index (χ2v) is 10.6. The Hall–Kier alpha value is -3.80. The number of amides is 2. The number of urea groups is 1. The molecule has 1 aromatic heterocycles. The lowest BCUT2D eigenvalue weighted by Gasteiger charge is -2.41. The van der Waals surface area contributed by atoms with Gasteiger partial charge in [0.15, 0.2) is 0 Å². The number of ether oxygens (including phenoxy) is 1. The predicted molar refractivity (Wildman–Crippen MR) is 147 cm³/mol. The van der Waals surface area contributed by atoms with E-state index in [0.29, 0.717) is 25.6 Å². The van der Waals surface area contributed by atoms with E-state index in [1.165, 1.54) is 5.56 Å². The van der Waals surface area contributed by atoms with Crippen LogP contribution in [-0.4, -0.2) is 45.5 Å². The largest absolute Gasteiger partial charge is 0.491 e. The molecular formula is C31H34N4O2. The highest BCUT2D eigenvalue weighted by atomic mass is 16.5. The van der Waals surface area contributed by atoms with Gasteiger partial charge in [-0.25, -0.2) is 9.78 Å². The molecule has 4 aromatic rings. The van der Waals surface area contributed by atoms with Crippen molar-refractivity contribution in [3.05, 3.63) is 83.2 Å². The van der Waals surface area contributed by atoms with Crippen LogP contribution < -0.4 is 4.74 Å². The van der Waals surface area contributed by atoms with Gasteiger partial charge in [0.25, 0.3) is 0 Å². The van der Waals surface area contributed by atoms with E-state index >= 15 is 0 Å². The molecule has 6 heteroatoms. The minimum absolute atomic E-state index is 0.106. The van der Waals surface area contributed by atoms with Crippen LogP contribution in [0.1, 0.15) is 48.3 Å². The van der Waals surface area contributed by atoms with Crippen LogP contribution in [0.2, 0.25) is 0 Å². The van der Waals surface area contributed by atoms with Crippen molar-refractivity contribution in [2.75, 3.05) is 19.7 Å². The van der Waals surface area contributed by atoms with Crippen molar-refractivity contribution in [1.29, 1.82) is 0 Å². The van der Waals surface area contributed by atoms with Crippen molar-refractivity contribution in [2.45, 2.75) is 46.2 Å². The van der Waals surface area contributed by atoms with Gasteiger partial charge >= 0.3 is 6.03 Å². The lowest BCUT2D eigenvalue weighted by Crippen LogP contribution is -2.48. The molecule has 190 valence electrons. The first kappa shape index (κ1) is 23.6. The number of carbonyl (C=O) groups excluding carboxylic acids is 1. The number of hydrogen-bond donors (Lipinski definition) is 1. The maximum Gasteiger partial charge on any atom is 0.320 e. The molecule has 0 aliphatic carbocycles. The molecule has 6 nitrogen and oxygen atoms in total. The number of imidazole rings is 1. The normalized spacial score (nSPS) is 19.9. The van der Waals surface area contributed by atoms with Crippen LogP contribution >= 0.6 is 0 Å². The Bertz CT molecular complexity index is 1440. The van der Waals surface area contributed by atoms with E-state index in [1.807, 2.05) is 17.9 Å². The minimum Gasteiger partial charge on any atom is -0.491 e. The highest BCUT2D eigenvalue weighted by molar-refractivity contribution is 5.83. The van der Waals surface area contributed by atoms with Crippen molar-refractivity contribution in [3.63, 3.8) is 0 Å². The molecule has 37 heavy (non-hydrogen) atoms. The van der Waals surface area contributed by atoms with Crippen molar-refractivity contribution in [1.82, 2.24) is 19.8 Å². The molecule has 2 amide bonds. The first-order valence-electron chi connectivity index (χ1n) is 13.3. The first-order valence-corrected chi connectivity index (χ1v) is 13.3. The molecule has 3 heterocycles. The number of piperidine rings is 1. The van der Waals surface area contributed by atoms with Crippen molar-refractivity contribution >= 4 is 17.1 Å². The van der Waals surface area contributed by atoms with Gasteiger partial charge in [-0.05, 0) is 79.1 Å². The number of rotatable bonds is 2. The zero-order chi connectivity index (χ0) is 25.5. The summed E-state index contributed by atoms with van der Waals surface area (Å²) in [6.07, 6.45) is 2.03. The Morgan fingerprint density at radius 1 is 1.03 bits per heavy atom. The summed E-state index contributed by atoms with van der Waals surface area (Å²) in [7, 11) is 0. The molecule has 2 aliphatic heterocycles. The smallest absolute Gasteiger partial charge is 0.320 e. The molecule has 6 rings (SSSR count). The monoisotopic (exact) mass is 494 g/mol. The van der Waals surface area contributed by atoms with Gasteiger partial charge in [0.1, 0.15) is 18.2 Å². The van der Waals surface area contributed by atoms with Gasteiger partial charge in [0.2, 0.25) is 0 Å². The molecule has 0 bridgehead atoms. The first-order chi connectivity index (χ1) is 18.0. The lowest BCUT2D eigenvalue weighted by molar-refractivity contribution is 0.0969. The summed E-state index contributed by atoms with van der Waals surface area (Å²) in [6.45, 7) is 8.76. The van der Waals surface area contributed by atoms with Crippen LogP contribution in [-0.2, 0) is 6.54 Å². The van der Waals surface area contributed by atoms with Gasteiger partial charge in [-0.2, -0.15) is 0 Å². The molecule has 0 saturated carbocycles. The number of benzene rings is 3. The fourth-order valence-corrected chi connectivity index (χ4v) is 5.90. The average Bonchev–Trinajstić information content (AvgIpc) is 3.14. The standard InChI is InChI=1S/C31H34N4O2/c1-20-11-12-35(29(15-20)23-7-5-4-6-8-23)31(36)34-13-14-37-30-21(2)16-25(17-26(30)19-34)24-9-10-27-28(18-24)33-22(3)32-27/h4-10,16-18,20,29H,11-15,19H2,1-3H3,(H,32,33). The fraction of sp³-hybridized carbons (Fsp3) is 0.355. The summed E-state index contributed by atoms with van der Waals surface area (Å²) in [4.78, 5) is 25.9. The molecule has 2 aliphatic rings. The topological polar surface area (TPSA) is 61.5 Å². The molecule has 3 aromatic carbocycles. The van der Waals surface area contributed by atoms with E-state index < -0.39 is 0 Å². The number of hydrogen-bond acceptors (Lipinski definition) is 3. The summed E-state index contributed by atoms with van der Waals surface area (Å²) in [5.74, 6) is 2.42. The van der Waals surface area contributed by atoms with Gasteiger partial charge in [0, 0.05) is 12.1 Å². The summed E-state index contributed by atoms with van der Waals surface area (Å²) < 4.78 is 6.21. The number of aryl methyl sites for hydroxylation is 2. The van der Waals surface area contributed by atoms with E-state index in [2.05, 4.69) is 83.3 Å². The van der Waals surface area contributed by atoms with Crippen LogP contribution in [0.25, 0.3) is 22.2 Å². The molecular weight excluding hydrogens is 460 g/mol. The molecule has 0 radical (unpaired) electrons. The Balaban J connectivity index is 1.30. The Labute approximate surface area is 218 Å². The highest BCUT2D eigenvalue weighted by Crippen LogP contribution is 2.37. The fourth-order valence-electron chi connectivity index (χ4n) is 5.90. The van der Waals surface area contributed by atoms with E-state index in [0.717, 1.165) is 64.2 Å². The Morgan fingerprint density at radius 3 is 2.70 bits per heavy atom. The number of H-pyrrole nitrogens is 1. The third-order valence-electron chi connectivity index (χ3n) is 7.82. The van der Waals surface area contributed by atoms with Crippen LogP contribution in [0, 0.1) is 19.8 Å². The molecule has 1 saturated heterocycles. The summed E-state index contributed by atoms with van der Waals surface area (Å²) in [5, 5.41) is 0. The third-order valence-corrected chi connectivity index (χ3v) is 7.82. The summed E-state index contributed by atoms with van der Waals surface area (Å²) in [5.41, 5.74) is 7.62. The van der Waals surface area contributed by atoms with Crippen molar-refractivity contribution in [3.8, 4) is 16.9 Å². The summed E-state index contributed by atoms with van der Waals surface area (Å²) >= 11 is 0. The Kier molecular flexibility index (Phi) is 6.11. The van der Waals surface area contributed by atoms with E-state index in [9.17, 15) is 4.79 Å². The van der Waals surface area contributed by atoms with Crippen LogP contribution in [0.4, 0.5) is 4.79 Å². The van der Waals surface area contributed by atoms with Gasteiger partial charge in [0.05, 0.1) is 30.2 Å². The molecule has 0 spiro atoms. The van der Waals surface area contributed by atoms with Crippen LogP contribution in [0.5, 0.6) is 5.75 Å². The molecule has 1 fully saturated rings. The number of nitrogens with zero attached hydrogens (tertiary/aromatic N) is 3. The molecule has 2 unspecified atom stereocenters. The zero-order valence-electron chi connectivity index (χ0n) is 21.8.